The highest BCUT2D eigenvalue weighted by Crippen LogP contribution is 2.18. The minimum Gasteiger partial charge on any atom is -0.493 e. The van der Waals surface area contributed by atoms with Crippen molar-refractivity contribution in [3.8, 4) is 5.75 Å². The Bertz CT molecular complexity index is 958. The third-order valence-electron chi connectivity index (χ3n) is 3.95. The Morgan fingerprint density at radius 3 is 2.43 bits per heavy atom. The molecule has 28 heavy (non-hydrogen) atoms. The summed E-state index contributed by atoms with van der Waals surface area (Å²) in [5.41, 5.74) is 7.89. The van der Waals surface area contributed by atoms with E-state index in [1.807, 2.05) is 0 Å². The third-order valence-corrected chi connectivity index (χ3v) is 5.36. The van der Waals surface area contributed by atoms with Crippen molar-refractivity contribution in [2.75, 3.05) is 6.61 Å². The maximum absolute atomic E-state index is 12.5. The van der Waals surface area contributed by atoms with Gasteiger partial charge in [0.05, 0.1) is 17.9 Å². The van der Waals surface area contributed by atoms with Gasteiger partial charge in [-0.1, -0.05) is 12.1 Å². The Kier molecular flexibility index (Phi) is 7.10. The zero-order valence-corrected chi connectivity index (χ0v) is 16.0. The summed E-state index contributed by atoms with van der Waals surface area (Å²) in [6.07, 6.45) is 0.0573. The molecule has 0 aliphatic carbocycles. The first-order valence-electron chi connectivity index (χ1n) is 8.28. The minimum atomic E-state index is -3.85. The monoisotopic (exact) mass is 407 g/mol. The van der Waals surface area contributed by atoms with Crippen LogP contribution in [-0.4, -0.2) is 32.0 Å². The largest absolute Gasteiger partial charge is 0.493 e. The molecule has 9 nitrogen and oxygen atoms in total. The van der Waals surface area contributed by atoms with Crippen LogP contribution in [0.4, 0.5) is 0 Å². The van der Waals surface area contributed by atoms with Crippen molar-refractivity contribution in [3.63, 3.8) is 0 Å². The average molecular weight is 407 g/mol. The van der Waals surface area contributed by atoms with Gasteiger partial charge in [0.25, 0.3) is 5.91 Å². The molecule has 0 spiro atoms. The number of primary amides is 1. The second-order valence-electron chi connectivity index (χ2n) is 5.90. The van der Waals surface area contributed by atoms with E-state index in [0.717, 1.165) is 0 Å². The van der Waals surface area contributed by atoms with E-state index >= 15 is 0 Å². The molecule has 0 saturated heterocycles. The molecular weight excluding hydrogens is 386 g/mol. The SMILES string of the molecule is Cc1cccc(C(=O)NO)c1CNS(=O)(=O)c1ccc(OCCC(N)=O)cc1. The maximum Gasteiger partial charge on any atom is 0.274 e. The molecule has 0 aromatic heterocycles. The van der Waals surface area contributed by atoms with Gasteiger partial charge in [-0.2, -0.15) is 0 Å². The van der Waals surface area contributed by atoms with Crippen LogP contribution < -0.4 is 20.7 Å². The lowest BCUT2D eigenvalue weighted by Gasteiger charge is -2.13. The Morgan fingerprint density at radius 2 is 1.82 bits per heavy atom. The minimum absolute atomic E-state index is 0.0106. The highest BCUT2D eigenvalue weighted by atomic mass is 32.2. The molecule has 2 aromatic carbocycles. The number of benzene rings is 2. The molecule has 0 fully saturated rings. The van der Waals surface area contributed by atoms with E-state index in [9.17, 15) is 18.0 Å². The van der Waals surface area contributed by atoms with Crippen LogP contribution in [0.5, 0.6) is 5.75 Å². The van der Waals surface area contributed by atoms with Gasteiger partial charge in [-0.15, -0.1) is 0 Å². The number of nitrogens with two attached hydrogens (primary N) is 1. The first-order valence-corrected chi connectivity index (χ1v) is 9.76. The average Bonchev–Trinajstić information content (AvgIpc) is 2.66. The standard InChI is InChI=1S/C18H21N3O6S/c1-12-3-2-4-15(18(23)21-24)16(12)11-20-28(25,26)14-7-5-13(6-8-14)27-10-9-17(19)22/h2-8,20,24H,9-11H2,1H3,(H2,19,22)(H,21,23). The molecule has 2 aromatic rings. The van der Waals surface area contributed by atoms with Gasteiger partial charge in [-0.05, 0) is 48.4 Å². The molecule has 2 amide bonds. The Morgan fingerprint density at radius 1 is 1.14 bits per heavy atom. The quantitative estimate of drug-likeness (QED) is 0.358. The van der Waals surface area contributed by atoms with E-state index in [2.05, 4.69) is 4.72 Å². The highest BCUT2D eigenvalue weighted by molar-refractivity contribution is 7.89. The second-order valence-corrected chi connectivity index (χ2v) is 7.67. The maximum atomic E-state index is 12.5. The van der Waals surface area contributed by atoms with Gasteiger partial charge in [0, 0.05) is 12.1 Å². The first kappa shape index (κ1) is 21.4. The molecule has 10 heteroatoms. The summed E-state index contributed by atoms with van der Waals surface area (Å²) in [5.74, 6) is -0.815. The predicted octanol–water partition coefficient (Wildman–Crippen LogP) is 0.847. The number of hydroxylamine groups is 1. The van der Waals surface area contributed by atoms with Crippen molar-refractivity contribution in [2.24, 2.45) is 5.73 Å². The number of hydrogen-bond acceptors (Lipinski definition) is 6. The Labute approximate surface area is 162 Å². The summed E-state index contributed by atoms with van der Waals surface area (Å²) in [6, 6.07) is 10.5. The van der Waals surface area contributed by atoms with Crippen LogP contribution in [0.15, 0.2) is 47.4 Å². The van der Waals surface area contributed by atoms with Gasteiger partial charge >= 0.3 is 0 Å². The molecule has 0 atom stereocenters. The Hall–Kier alpha value is -2.95. The number of nitrogens with one attached hydrogen (secondary N) is 2. The number of rotatable bonds is 9. The van der Waals surface area contributed by atoms with Crippen LogP contribution in [0.25, 0.3) is 0 Å². The molecular formula is C18H21N3O6S. The van der Waals surface area contributed by atoms with Crippen molar-refractivity contribution in [2.45, 2.75) is 24.8 Å². The van der Waals surface area contributed by atoms with Gasteiger partial charge in [-0.25, -0.2) is 18.6 Å². The number of sulfonamides is 1. The molecule has 0 bridgehead atoms. The number of hydrogen-bond donors (Lipinski definition) is 4. The van der Waals surface area contributed by atoms with Crippen LogP contribution in [0.3, 0.4) is 0 Å². The third kappa shape index (κ3) is 5.52. The molecule has 0 unspecified atom stereocenters. The molecule has 0 saturated carbocycles. The summed E-state index contributed by atoms with van der Waals surface area (Å²) >= 11 is 0. The lowest BCUT2D eigenvalue weighted by molar-refractivity contribution is -0.118. The van der Waals surface area contributed by atoms with Gasteiger partial charge < -0.3 is 10.5 Å². The van der Waals surface area contributed by atoms with E-state index in [4.69, 9.17) is 15.7 Å². The molecule has 2 rings (SSSR count). The number of aryl methyl sites for hydroxylation is 1. The molecule has 0 aliphatic heterocycles. The smallest absolute Gasteiger partial charge is 0.274 e. The van der Waals surface area contributed by atoms with Crippen LogP contribution in [0, 0.1) is 6.92 Å². The van der Waals surface area contributed by atoms with Crippen LogP contribution >= 0.6 is 0 Å². The lowest BCUT2D eigenvalue weighted by Crippen LogP contribution is -2.27. The van der Waals surface area contributed by atoms with E-state index in [-0.39, 0.29) is 30.0 Å². The molecule has 5 N–H and O–H groups in total. The summed E-state index contributed by atoms with van der Waals surface area (Å²) in [5, 5.41) is 8.85. The summed E-state index contributed by atoms with van der Waals surface area (Å²) in [7, 11) is -3.85. The van der Waals surface area contributed by atoms with Crippen molar-refractivity contribution in [1.29, 1.82) is 0 Å². The fourth-order valence-electron chi connectivity index (χ4n) is 2.44. The van der Waals surface area contributed by atoms with Gasteiger partial charge in [-0.3, -0.25) is 14.8 Å². The second kappa shape index (κ2) is 9.31. The predicted molar refractivity (Wildman–Crippen MR) is 100 cm³/mol. The molecule has 0 radical (unpaired) electrons. The number of carbonyl (C=O) groups is 2. The highest BCUT2D eigenvalue weighted by Gasteiger charge is 2.18. The number of carbonyl (C=O) groups excluding carboxylic acids is 2. The summed E-state index contributed by atoms with van der Waals surface area (Å²) in [4.78, 5) is 22.5. The lowest BCUT2D eigenvalue weighted by atomic mass is 10.0. The van der Waals surface area contributed by atoms with Crippen LogP contribution in [0.2, 0.25) is 0 Å². The fourth-order valence-corrected chi connectivity index (χ4v) is 3.44. The number of ether oxygens (including phenoxy) is 1. The fraction of sp³-hybridized carbons (Fsp3) is 0.222. The van der Waals surface area contributed by atoms with E-state index in [1.165, 1.54) is 30.3 Å². The van der Waals surface area contributed by atoms with Crippen molar-refractivity contribution < 1.29 is 28.0 Å². The zero-order chi connectivity index (χ0) is 20.7. The topological polar surface area (TPSA) is 148 Å². The normalized spacial score (nSPS) is 11.1. The van der Waals surface area contributed by atoms with Gasteiger partial charge in [0.1, 0.15) is 5.75 Å². The molecule has 150 valence electrons. The van der Waals surface area contributed by atoms with Crippen LogP contribution in [-0.2, 0) is 21.4 Å². The Balaban J connectivity index is 2.10. The number of amides is 2. The zero-order valence-electron chi connectivity index (χ0n) is 15.1. The van der Waals surface area contributed by atoms with Crippen LogP contribution in [0.1, 0.15) is 27.9 Å². The first-order chi connectivity index (χ1) is 13.2. The molecule has 0 aliphatic rings. The van der Waals surface area contributed by atoms with Crippen molar-refractivity contribution in [3.05, 3.63) is 59.2 Å². The van der Waals surface area contributed by atoms with E-state index in [0.29, 0.717) is 16.9 Å². The molecule has 0 heterocycles. The van der Waals surface area contributed by atoms with E-state index in [1.54, 1.807) is 24.5 Å². The van der Waals surface area contributed by atoms with E-state index < -0.39 is 21.8 Å². The summed E-state index contributed by atoms with van der Waals surface area (Å²) in [6.45, 7) is 1.70. The van der Waals surface area contributed by atoms with Crippen molar-refractivity contribution >= 4 is 21.8 Å². The van der Waals surface area contributed by atoms with Gasteiger partial charge in [0.15, 0.2) is 0 Å². The summed E-state index contributed by atoms with van der Waals surface area (Å²) < 4.78 is 32.8. The van der Waals surface area contributed by atoms with Gasteiger partial charge in [0.2, 0.25) is 15.9 Å². The van der Waals surface area contributed by atoms with Crippen molar-refractivity contribution in [1.82, 2.24) is 10.2 Å².